The van der Waals surface area contributed by atoms with E-state index >= 15 is 0 Å². The van der Waals surface area contributed by atoms with E-state index in [1.807, 2.05) is 20.8 Å². The minimum atomic E-state index is -0.573. The maximum atomic E-state index is 12.5. The summed E-state index contributed by atoms with van der Waals surface area (Å²) in [4.78, 5) is 24.1. The Morgan fingerprint density at radius 2 is 1.86 bits per heavy atom. The van der Waals surface area contributed by atoms with E-state index in [2.05, 4.69) is 5.32 Å². The van der Waals surface area contributed by atoms with Gasteiger partial charge < -0.3 is 15.8 Å². The number of carbonyl (C=O) groups excluding carboxylic acids is 2. The number of aryl methyl sites for hydroxylation is 1. The van der Waals surface area contributed by atoms with Gasteiger partial charge in [0.2, 0.25) is 5.91 Å². The van der Waals surface area contributed by atoms with E-state index in [1.165, 1.54) is 7.11 Å². The Hall–Kier alpha value is -1.59. The highest BCUT2D eigenvalue weighted by atomic mass is 35.5. The molecular weight excluding hydrogens is 304 g/mol. The molecule has 0 aromatic heterocycles. The van der Waals surface area contributed by atoms with Crippen LogP contribution in [0, 0.1) is 12.3 Å². The number of methoxy groups -OCH3 is 1. The molecule has 0 bridgehead atoms. The van der Waals surface area contributed by atoms with Gasteiger partial charge in [0.05, 0.1) is 18.1 Å². The molecule has 0 aliphatic rings. The molecule has 0 saturated carbocycles. The molecule has 0 aliphatic carbocycles. The number of benzene rings is 1. The lowest BCUT2D eigenvalue weighted by Gasteiger charge is -2.28. The van der Waals surface area contributed by atoms with Crippen molar-refractivity contribution in [2.24, 2.45) is 11.1 Å². The first-order valence-corrected chi connectivity index (χ1v) is 7.14. The van der Waals surface area contributed by atoms with Crippen molar-refractivity contribution in [2.75, 3.05) is 19.0 Å². The first kappa shape index (κ1) is 20.4. The molecule has 3 N–H and O–H groups in total. The van der Waals surface area contributed by atoms with E-state index in [1.54, 1.807) is 18.2 Å². The predicted molar refractivity (Wildman–Crippen MR) is 90.5 cm³/mol. The summed E-state index contributed by atoms with van der Waals surface area (Å²) in [6, 6.07) is 5.18. The number of hydrogen-bond acceptors (Lipinski definition) is 4. The summed E-state index contributed by atoms with van der Waals surface area (Å²) in [6.45, 7) is 6.01. The Labute approximate surface area is 138 Å². The van der Waals surface area contributed by atoms with Gasteiger partial charge in [-0.3, -0.25) is 4.79 Å². The molecule has 1 rings (SSSR count). The summed E-state index contributed by atoms with van der Waals surface area (Å²) in [5, 5.41) is 2.86. The Morgan fingerprint density at radius 3 is 2.32 bits per heavy atom. The zero-order valence-corrected chi connectivity index (χ0v) is 14.4. The number of amides is 1. The van der Waals surface area contributed by atoms with Gasteiger partial charge in [0.25, 0.3) is 0 Å². The molecule has 0 aliphatic heterocycles. The number of nitrogens with one attached hydrogen (secondary N) is 1. The fourth-order valence-electron chi connectivity index (χ4n) is 2.25. The quantitative estimate of drug-likeness (QED) is 0.787. The van der Waals surface area contributed by atoms with Gasteiger partial charge in [0.1, 0.15) is 0 Å². The van der Waals surface area contributed by atoms with Crippen molar-refractivity contribution in [3.63, 3.8) is 0 Å². The van der Waals surface area contributed by atoms with Crippen LogP contribution < -0.4 is 11.1 Å². The van der Waals surface area contributed by atoms with E-state index in [0.29, 0.717) is 30.6 Å². The zero-order chi connectivity index (χ0) is 16.0. The van der Waals surface area contributed by atoms with E-state index in [9.17, 15) is 9.59 Å². The SMILES string of the molecule is CCC(CC)(CN)C(=O)Nc1ccc(C)c(C(=O)OC)c1.Cl. The molecular formula is C16H25ClN2O3. The van der Waals surface area contributed by atoms with Crippen LogP contribution in [0.15, 0.2) is 18.2 Å². The van der Waals surface area contributed by atoms with Crippen molar-refractivity contribution < 1.29 is 14.3 Å². The highest BCUT2D eigenvalue weighted by molar-refractivity contribution is 5.98. The maximum Gasteiger partial charge on any atom is 0.338 e. The number of esters is 1. The Balaban J connectivity index is 0.00000441. The van der Waals surface area contributed by atoms with Crippen molar-refractivity contribution in [1.29, 1.82) is 0 Å². The average Bonchev–Trinajstić information content (AvgIpc) is 2.50. The minimum Gasteiger partial charge on any atom is -0.465 e. The molecule has 124 valence electrons. The molecule has 0 unspecified atom stereocenters. The van der Waals surface area contributed by atoms with Crippen LogP contribution in [0.2, 0.25) is 0 Å². The molecule has 0 spiro atoms. The maximum absolute atomic E-state index is 12.5. The molecule has 6 heteroatoms. The molecule has 22 heavy (non-hydrogen) atoms. The van der Waals surface area contributed by atoms with Crippen LogP contribution in [0.5, 0.6) is 0 Å². The summed E-state index contributed by atoms with van der Waals surface area (Å²) in [7, 11) is 1.33. The summed E-state index contributed by atoms with van der Waals surface area (Å²) >= 11 is 0. The Kier molecular flexibility index (Phi) is 8.12. The molecule has 1 aromatic carbocycles. The van der Waals surface area contributed by atoms with Crippen LogP contribution >= 0.6 is 12.4 Å². The van der Waals surface area contributed by atoms with Crippen LogP contribution in [0.3, 0.4) is 0 Å². The van der Waals surface area contributed by atoms with Gasteiger partial charge in [0.15, 0.2) is 0 Å². The van der Waals surface area contributed by atoms with Gasteiger partial charge in [-0.2, -0.15) is 0 Å². The minimum absolute atomic E-state index is 0. The summed E-state index contributed by atoms with van der Waals surface area (Å²) in [5.41, 5.74) is 7.02. The third kappa shape index (κ3) is 4.21. The van der Waals surface area contributed by atoms with Gasteiger partial charge in [-0.05, 0) is 37.5 Å². The lowest BCUT2D eigenvalue weighted by molar-refractivity contribution is -0.125. The monoisotopic (exact) mass is 328 g/mol. The van der Waals surface area contributed by atoms with Gasteiger partial charge >= 0.3 is 5.97 Å². The second kappa shape index (κ2) is 8.76. The molecule has 1 amide bonds. The first-order chi connectivity index (χ1) is 9.93. The van der Waals surface area contributed by atoms with Crippen molar-refractivity contribution in [2.45, 2.75) is 33.6 Å². The lowest BCUT2D eigenvalue weighted by Crippen LogP contribution is -2.41. The number of halogens is 1. The number of carbonyl (C=O) groups is 2. The van der Waals surface area contributed by atoms with Gasteiger partial charge in [-0.15, -0.1) is 12.4 Å². The molecule has 0 fully saturated rings. The highest BCUT2D eigenvalue weighted by Gasteiger charge is 2.33. The fraction of sp³-hybridized carbons (Fsp3) is 0.500. The molecule has 1 aromatic rings. The second-order valence-corrected chi connectivity index (χ2v) is 5.17. The summed E-state index contributed by atoms with van der Waals surface area (Å²) in [6.07, 6.45) is 1.34. The van der Waals surface area contributed by atoms with E-state index in [-0.39, 0.29) is 18.3 Å². The summed E-state index contributed by atoms with van der Waals surface area (Å²) < 4.78 is 4.74. The molecule has 5 nitrogen and oxygen atoms in total. The second-order valence-electron chi connectivity index (χ2n) is 5.17. The number of nitrogens with two attached hydrogens (primary N) is 1. The highest BCUT2D eigenvalue weighted by Crippen LogP contribution is 2.27. The van der Waals surface area contributed by atoms with Crippen molar-refractivity contribution in [1.82, 2.24) is 0 Å². The molecule has 0 atom stereocenters. The molecule has 0 saturated heterocycles. The third-order valence-electron chi connectivity index (χ3n) is 4.13. The molecule has 0 heterocycles. The van der Waals surface area contributed by atoms with Crippen molar-refractivity contribution in [3.8, 4) is 0 Å². The van der Waals surface area contributed by atoms with Crippen molar-refractivity contribution >= 4 is 30.0 Å². The van der Waals surface area contributed by atoms with Gasteiger partial charge in [0, 0.05) is 12.2 Å². The number of anilines is 1. The smallest absolute Gasteiger partial charge is 0.338 e. The standard InChI is InChI=1S/C16H24N2O3.ClH/c1-5-16(6-2,10-17)15(20)18-12-8-7-11(3)13(9-12)14(19)21-4;/h7-9H,5-6,10,17H2,1-4H3,(H,18,20);1H. The topological polar surface area (TPSA) is 81.4 Å². The van der Waals surface area contributed by atoms with Gasteiger partial charge in [-0.1, -0.05) is 19.9 Å². The van der Waals surface area contributed by atoms with E-state index < -0.39 is 11.4 Å². The van der Waals surface area contributed by atoms with Crippen LogP contribution in [-0.2, 0) is 9.53 Å². The van der Waals surface area contributed by atoms with E-state index in [4.69, 9.17) is 10.5 Å². The van der Waals surface area contributed by atoms with Crippen LogP contribution in [-0.4, -0.2) is 25.5 Å². The average molecular weight is 329 g/mol. The van der Waals surface area contributed by atoms with Gasteiger partial charge in [-0.25, -0.2) is 4.79 Å². The lowest BCUT2D eigenvalue weighted by atomic mass is 9.81. The number of rotatable bonds is 6. The normalized spacial score (nSPS) is 10.6. The van der Waals surface area contributed by atoms with Crippen molar-refractivity contribution in [3.05, 3.63) is 29.3 Å². The number of ether oxygens (including phenoxy) is 1. The van der Waals surface area contributed by atoms with Crippen LogP contribution in [0.25, 0.3) is 0 Å². The van der Waals surface area contributed by atoms with Crippen LogP contribution in [0.4, 0.5) is 5.69 Å². The molecule has 0 radical (unpaired) electrons. The third-order valence-corrected chi connectivity index (χ3v) is 4.13. The van der Waals surface area contributed by atoms with Crippen LogP contribution in [0.1, 0.15) is 42.6 Å². The predicted octanol–water partition coefficient (Wildman–Crippen LogP) is 2.91. The largest absolute Gasteiger partial charge is 0.465 e. The zero-order valence-electron chi connectivity index (χ0n) is 13.6. The first-order valence-electron chi connectivity index (χ1n) is 7.14. The number of hydrogen-bond donors (Lipinski definition) is 2. The Bertz CT molecular complexity index is 520. The summed E-state index contributed by atoms with van der Waals surface area (Å²) in [5.74, 6) is -0.533. The fourth-order valence-corrected chi connectivity index (χ4v) is 2.25. The van der Waals surface area contributed by atoms with E-state index in [0.717, 1.165) is 5.56 Å². The Morgan fingerprint density at radius 1 is 1.27 bits per heavy atom.